The average Bonchev–Trinajstić information content (AvgIpc) is 3.89. The number of nitrogens with zero attached hydrogens (tertiary/aromatic N) is 3. The average molecular weight is 691 g/mol. The Morgan fingerprint density at radius 2 is 1.02 bits per heavy atom. The van der Waals surface area contributed by atoms with E-state index in [2.05, 4.69) is 154 Å². The zero-order valence-electron chi connectivity index (χ0n) is 30.8. The summed E-state index contributed by atoms with van der Waals surface area (Å²) in [4.78, 5) is 7.75. The fourth-order valence-corrected chi connectivity index (χ4v) is 13.9. The number of anilines is 4. The van der Waals surface area contributed by atoms with Gasteiger partial charge in [0.1, 0.15) is 0 Å². The van der Waals surface area contributed by atoms with Gasteiger partial charge in [0.05, 0.1) is 35.5 Å². The molecule has 0 radical (unpaired) electrons. The van der Waals surface area contributed by atoms with E-state index in [9.17, 15) is 0 Å². The second-order valence-electron chi connectivity index (χ2n) is 17.5. The molecule has 12 rings (SSSR count). The van der Waals surface area contributed by atoms with E-state index in [1.807, 2.05) is 0 Å². The summed E-state index contributed by atoms with van der Waals surface area (Å²) in [6.45, 7) is 6.72. The molecule has 4 aromatic rings. The zero-order chi connectivity index (χ0) is 34.8. The molecule has 0 amide bonds. The third-order valence-electron chi connectivity index (χ3n) is 15.9. The van der Waals surface area contributed by atoms with Crippen LogP contribution in [0.4, 0.5) is 22.7 Å². The smallest absolute Gasteiger partial charge is 0.0933 e. The van der Waals surface area contributed by atoms with E-state index in [0.717, 1.165) is 45.4 Å². The third-order valence-corrected chi connectivity index (χ3v) is 15.9. The number of para-hydroxylation sites is 4. The number of nitrogens with one attached hydrogen (secondary N) is 5. The molecule has 0 spiro atoms. The maximum Gasteiger partial charge on any atom is 0.0933 e. The molecule has 8 heterocycles. The van der Waals surface area contributed by atoms with Crippen LogP contribution < -0.4 is 26.6 Å². The van der Waals surface area contributed by atoms with Gasteiger partial charge in [-0.05, 0) is 91.8 Å². The van der Waals surface area contributed by atoms with Crippen LogP contribution >= 0.6 is 0 Å². The summed E-state index contributed by atoms with van der Waals surface area (Å²) < 4.78 is 0. The first-order chi connectivity index (χ1) is 25.4. The van der Waals surface area contributed by atoms with Crippen LogP contribution in [-0.2, 0) is 21.7 Å². The topological polar surface area (TPSA) is 69.9 Å². The molecule has 4 bridgehead atoms. The van der Waals surface area contributed by atoms with Gasteiger partial charge in [0, 0.05) is 59.8 Å². The van der Waals surface area contributed by atoms with Crippen molar-refractivity contribution in [2.45, 2.75) is 72.5 Å². The van der Waals surface area contributed by atoms with Gasteiger partial charge in [0.15, 0.2) is 0 Å². The highest BCUT2D eigenvalue weighted by molar-refractivity contribution is 5.81. The summed E-state index contributed by atoms with van der Waals surface area (Å²) in [6, 6.07) is 32.9. The van der Waals surface area contributed by atoms with Gasteiger partial charge in [-0.3, -0.25) is 20.0 Å². The number of hydrogen-bond acceptors (Lipinski definition) is 8. The molecule has 266 valence electrons. The molecule has 52 heavy (non-hydrogen) atoms. The Labute approximate surface area is 307 Å². The molecule has 8 aliphatic heterocycles. The molecule has 0 aliphatic carbocycles. The van der Waals surface area contributed by atoms with Crippen molar-refractivity contribution in [2.24, 2.45) is 5.92 Å². The van der Waals surface area contributed by atoms with Crippen LogP contribution in [0.5, 0.6) is 0 Å². The van der Waals surface area contributed by atoms with Crippen molar-refractivity contribution in [2.75, 3.05) is 68.6 Å². The number of likely N-dealkylation sites (tertiary alicyclic amines) is 3. The molecule has 8 aliphatic rings. The highest BCUT2D eigenvalue weighted by Gasteiger charge is 2.73. The molecule has 3 unspecified atom stereocenters. The van der Waals surface area contributed by atoms with E-state index in [-0.39, 0.29) is 46.3 Å². The van der Waals surface area contributed by atoms with E-state index in [1.54, 1.807) is 0 Å². The van der Waals surface area contributed by atoms with Gasteiger partial charge >= 0.3 is 0 Å². The van der Waals surface area contributed by atoms with E-state index < -0.39 is 0 Å². The molecular formula is C44H50N8. The quantitative estimate of drug-likeness (QED) is 0.184. The van der Waals surface area contributed by atoms with Gasteiger partial charge in [0.25, 0.3) is 0 Å². The second-order valence-corrected chi connectivity index (χ2v) is 17.5. The summed E-state index contributed by atoms with van der Waals surface area (Å²) in [6.07, 6.45) is 4.02. The predicted molar refractivity (Wildman–Crippen MR) is 209 cm³/mol. The summed E-state index contributed by atoms with van der Waals surface area (Å²) >= 11 is 0. The van der Waals surface area contributed by atoms with E-state index in [4.69, 9.17) is 0 Å². The third kappa shape index (κ3) is 3.13. The van der Waals surface area contributed by atoms with Gasteiger partial charge < -0.3 is 21.3 Å². The van der Waals surface area contributed by atoms with Crippen LogP contribution in [0, 0.1) is 5.92 Å². The van der Waals surface area contributed by atoms with Gasteiger partial charge in [0.2, 0.25) is 0 Å². The van der Waals surface area contributed by atoms with E-state index >= 15 is 0 Å². The van der Waals surface area contributed by atoms with Crippen molar-refractivity contribution >= 4 is 22.7 Å². The first-order valence-corrected chi connectivity index (χ1v) is 19.7. The van der Waals surface area contributed by atoms with Gasteiger partial charge in [-0.15, -0.1) is 0 Å². The summed E-state index contributed by atoms with van der Waals surface area (Å²) in [5, 5.41) is 21.0. The summed E-state index contributed by atoms with van der Waals surface area (Å²) in [5.41, 5.74) is 13.6. The Balaban J connectivity index is 1.12. The number of fused-ring (bicyclic) bond motifs is 8. The lowest BCUT2D eigenvalue weighted by molar-refractivity contribution is -0.0596. The minimum atomic E-state index is -0.143. The van der Waals surface area contributed by atoms with Gasteiger partial charge in [-0.1, -0.05) is 79.7 Å². The first-order valence-electron chi connectivity index (χ1n) is 19.7. The molecule has 9 atom stereocenters. The van der Waals surface area contributed by atoms with Crippen molar-refractivity contribution in [3.63, 3.8) is 0 Å². The molecule has 4 aromatic carbocycles. The molecule has 0 saturated carbocycles. The zero-order valence-corrected chi connectivity index (χ0v) is 30.8. The van der Waals surface area contributed by atoms with Crippen LogP contribution in [0.3, 0.4) is 0 Å². The van der Waals surface area contributed by atoms with Crippen molar-refractivity contribution in [1.29, 1.82) is 0 Å². The van der Waals surface area contributed by atoms with Crippen molar-refractivity contribution in [3.05, 3.63) is 118 Å². The molecule has 4 saturated heterocycles. The van der Waals surface area contributed by atoms with Gasteiger partial charge in [-0.25, -0.2) is 0 Å². The SMILES string of the molecule is CC1CN[C@H]2Nc3c(cccc3[C@]34CCN(C)[C@H]3Nc3ccccc34)C13[C@H]1Nc4c(cccc4[C@]45CCN(C)[C@H]4Nc4ccccc45)C23CCN1C. The predicted octanol–water partition coefficient (Wildman–Crippen LogP) is 5.69. The van der Waals surface area contributed by atoms with Crippen molar-refractivity contribution in [3.8, 4) is 0 Å². The monoisotopic (exact) mass is 690 g/mol. The van der Waals surface area contributed by atoms with Crippen LogP contribution in [0.25, 0.3) is 0 Å². The van der Waals surface area contributed by atoms with Crippen molar-refractivity contribution in [1.82, 2.24) is 20.0 Å². The Hall–Kier alpha value is -4.08. The molecule has 0 aromatic heterocycles. The Bertz CT molecular complexity index is 2180. The number of piperidine rings is 2. The molecule has 8 nitrogen and oxygen atoms in total. The Morgan fingerprint density at radius 1 is 0.519 bits per heavy atom. The number of hydrogen-bond donors (Lipinski definition) is 5. The highest BCUT2D eigenvalue weighted by Crippen LogP contribution is 2.69. The normalized spacial score (nSPS) is 39.0. The highest BCUT2D eigenvalue weighted by atomic mass is 15.4. The maximum atomic E-state index is 4.45. The van der Waals surface area contributed by atoms with Crippen LogP contribution in [0.1, 0.15) is 59.6 Å². The Morgan fingerprint density at radius 3 is 1.65 bits per heavy atom. The van der Waals surface area contributed by atoms with Gasteiger partial charge in [-0.2, -0.15) is 0 Å². The molecule has 5 N–H and O–H groups in total. The van der Waals surface area contributed by atoms with E-state index in [1.165, 1.54) is 56.1 Å². The standard InChI is InChI=1S/C44H50N8/c1-26-25-45-37-43-21-24-52(4)40(49-35-29(13-9-15-31(35)43)41-19-22-50(2)38(41)46-33-17-7-5-11-27(33)41)44(26,43)32-16-10-14-30(36(32)48-37)42-20-23-51(3)39(42)47-34-18-8-6-12-28(34)42/h5-18,26,37-40,45-49H,19-25H2,1-4H3/t26?,37-,38+,39+,40-,41+,42+,43?,44?/m0/s1. The minimum Gasteiger partial charge on any atom is -0.368 e. The summed E-state index contributed by atoms with van der Waals surface area (Å²) in [5.74, 6) is 0.405. The largest absolute Gasteiger partial charge is 0.368 e. The number of likely N-dealkylation sites (N-methyl/N-ethyl adjacent to an activating group) is 3. The van der Waals surface area contributed by atoms with Crippen molar-refractivity contribution < 1.29 is 0 Å². The van der Waals surface area contributed by atoms with Crippen LogP contribution in [-0.4, -0.2) is 86.7 Å². The first kappa shape index (κ1) is 30.4. The number of rotatable bonds is 2. The van der Waals surface area contributed by atoms with E-state index in [0.29, 0.717) is 5.92 Å². The van der Waals surface area contributed by atoms with Crippen LogP contribution in [0.15, 0.2) is 84.9 Å². The minimum absolute atomic E-state index is 0.108. The fourth-order valence-electron chi connectivity index (χ4n) is 13.9. The summed E-state index contributed by atoms with van der Waals surface area (Å²) in [7, 11) is 6.97. The maximum absolute atomic E-state index is 4.45. The second kappa shape index (κ2) is 9.91. The number of benzene rings is 4. The Kier molecular flexibility index (Phi) is 5.79. The lowest BCUT2D eigenvalue weighted by atomic mass is 9.42. The fraction of sp³-hybridized carbons (Fsp3) is 0.455. The molecular weight excluding hydrogens is 641 g/mol. The molecule has 8 heteroatoms. The lowest BCUT2D eigenvalue weighted by Crippen LogP contribution is -2.83. The van der Waals surface area contributed by atoms with Crippen LogP contribution in [0.2, 0.25) is 0 Å². The molecule has 4 fully saturated rings. The lowest BCUT2D eigenvalue weighted by Gasteiger charge is -2.72.